The Labute approximate surface area is 95.8 Å². The fourth-order valence-corrected chi connectivity index (χ4v) is 1.63. The number of ether oxygens (including phenoxy) is 3. The van der Waals surface area contributed by atoms with Crippen LogP contribution in [0.25, 0.3) is 0 Å². The van der Waals surface area contributed by atoms with Gasteiger partial charge in [0.2, 0.25) is 0 Å². The zero-order chi connectivity index (χ0) is 12.0. The average molecular weight is 232 g/mol. The molecule has 6 nitrogen and oxygen atoms in total. The summed E-state index contributed by atoms with van der Waals surface area (Å²) >= 11 is 0. The molecule has 1 unspecified atom stereocenters. The zero-order valence-corrected chi connectivity index (χ0v) is 10.1. The number of carbonyl (C=O) groups excluding carboxylic acids is 1. The van der Waals surface area contributed by atoms with Gasteiger partial charge in [-0.2, -0.15) is 0 Å². The molecule has 0 aliphatic carbocycles. The quantitative estimate of drug-likeness (QED) is 0.695. The summed E-state index contributed by atoms with van der Waals surface area (Å²) in [5.41, 5.74) is 0. The van der Waals surface area contributed by atoms with E-state index in [1.807, 2.05) is 6.92 Å². The summed E-state index contributed by atoms with van der Waals surface area (Å²) in [4.78, 5) is 13.5. The number of amides is 2. The van der Waals surface area contributed by atoms with Gasteiger partial charge in [-0.25, -0.2) is 4.79 Å². The summed E-state index contributed by atoms with van der Waals surface area (Å²) in [5, 5.41) is 2.83. The largest absolute Gasteiger partial charge is 0.378 e. The molecular weight excluding hydrogens is 212 g/mol. The van der Waals surface area contributed by atoms with E-state index >= 15 is 0 Å². The fourth-order valence-electron chi connectivity index (χ4n) is 1.63. The van der Waals surface area contributed by atoms with Crippen LogP contribution in [0.3, 0.4) is 0 Å². The van der Waals surface area contributed by atoms with Gasteiger partial charge in [0.15, 0.2) is 6.29 Å². The minimum absolute atomic E-state index is 0.102. The van der Waals surface area contributed by atoms with Crippen LogP contribution in [-0.2, 0) is 14.2 Å². The Morgan fingerprint density at radius 2 is 1.88 bits per heavy atom. The van der Waals surface area contributed by atoms with Gasteiger partial charge in [0.25, 0.3) is 0 Å². The molecule has 1 rings (SSSR count). The van der Waals surface area contributed by atoms with Gasteiger partial charge in [-0.1, -0.05) is 0 Å². The van der Waals surface area contributed by atoms with Crippen molar-refractivity contribution >= 4 is 6.03 Å². The second-order valence-corrected chi connectivity index (χ2v) is 3.68. The standard InChI is InChI=1S/C10H20N2O4/c1-8(9(14-2)15-3)11-10(13)12-4-6-16-7-5-12/h8-9H,4-7H2,1-3H3,(H,11,13). The number of rotatable bonds is 4. The molecule has 0 bridgehead atoms. The van der Waals surface area contributed by atoms with Crippen LogP contribution in [0.1, 0.15) is 6.92 Å². The summed E-state index contributed by atoms with van der Waals surface area (Å²) in [6.45, 7) is 4.29. The molecule has 2 amide bonds. The van der Waals surface area contributed by atoms with Crippen molar-refractivity contribution in [2.24, 2.45) is 0 Å². The Morgan fingerprint density at radius 3 is 2.38 bits per heavy atom. The first kappa shape index (κ1) is 13.2. The van der Waals surface area contributed by atoms with E-state index in [9.17, 15) is 4.79 Å². The van der Waals surface area contributed by atoms with Crippen molar-refractivity contribution in [2.45, 2.75) is 19.3 Å². The smallest absolute Gasteiger partial charge is 0.317 e. The number of hydrogen-bond acceptors (Lipinski definition) is 4. The molecule has 1 heterocycles. The van der Waals surface area contributed by atoms with Gasteiger partial charge in [-0.3, -0.25) is 0 Å². The van der Waals surface area contributed by atoms with E-state index in [0.717, 1.165) is 0 Å². The molecule has 0 radical (unpaired) electrons. The third kappa shape index (κ3) is 3.62. The number of hydrogen-bond donors (Lipinski definition) is 1. The first-order valence-electron chi connectivity index (χ1n) is 5.37. The van der Waals surface area contributed by atoms with E-state index < -0.39 is 6.29 Å². The number of urea groups is 1. The number of morpholine rings is 1. The fraction of sp³-hybridized carbons (Fsp3) is 0.900. The van der Waals surface area contributed by atoms with E-state index in [2.05, 4.69) is 5.32 Å². The summed E-state index contributed by atoms with van der Waals surface area (Å²) in [5.74, 6) is 0. The molecule has 16 heavy (non-hydrogen) atoms. The topological polar surface area (TPSA) is 60.0 Å². The maximum atomic E-state index is 11.8. The van der Waals surface area contributed by atoms with Gasteiger partial charge in [0, 0.05) is 27.3 Å². The van der Waals surface area contributed by atoms with Gasteiger partial charge in [-0.05, 0) is 6.92 Å². The minimum atomic E-state index is -0.426. The highest BCUT2D eigenvalue weighted by Gasteiger charge is 2.22. The Bertz CT molecular complexity index is 215. The van der Waals surface area contributed by atoms with E-state index in [0.29, 0.717) is 26.3 Å². The highest BCUT2D eigenvalue weighted by molar-refractivity contribution is 5.74. The summed E-state index contributed by atoms with van der Waals surface area (Å²) in [7, 11) is 3.09. The van der Waals surface area contributed by atoms with Crippen LogP contribution in [0.15, 0.2) is 0 Å². The molecule has 94 valence electrons. The second kappa shape index (κ2) is 6.67. The Kier molecular flexibility index (Phi) is 5.51. The number of nitrogens with one attached hydrogen (secondary N) is 1. The lowest BCUT2D eigenvalue weighted by atomic mass is 10.3. The normalized spacial score (nSPS) is 18.6. The van der Waals surface area contributed by atoms with Crippen molar-refractivity contribution in [3.05, 3.63) is 0 Å². The SMILES string of the molecule is COC(OC)C(C)NC(=O)N1CCOCC1. The Hall–Kier alpha value is -0.850. The van der Waals surface area contributed by atoms with E-state index in [1.54, 1.807) is 19.1 Å². The molecule has 1 N–H and O–H groups in total. The molecule has 6 heteroatoms. The van der Waals surface area contributed by atoms with Crippen molar-refractivity contribution in [1.82, 2.24) is 10.2 Å². The third-order valence-corrected chi connectivity index (χ3v) is 2.52. The van der Waals surface area contributed by atoms with Crippen molar-refractivity contribution in [3.63, 3.8) is 0 Å². The van der Waals surface area contributed by atoms with E-state index in [-0.39, 0.29) is 12.1 Å². The number of carbonyl (C=O) groups is 1. The number of methoxy groups -OCH3 is 2. The lowest BCUT2D eigenvalue weighted by Gasteiger charge is -2.30. The minimum Gasteiger partial charge on any atom is -0.378 e. The second-order valence-electron chi connectivity index (χ2n) is 3.68. The highest BCUT2D eigenvalue weighted by Crippen LogP contribution is 2.02. The molecule has 0 aromatic heterocycles. The van der Waals surface area contributed by atoms with Crippen molar-refractivity contribution in [1.29, 1.82) is 0 Å². The van der Waals surface area contributed by atoms with Gasteiger partial charge < -0.3 is 24.4 Å². The molecular formula is C10H20N2O4. The molecule has 1 atom stereocenters. The first-order chi connectivity index (χ1) is 7.69. The third-order valence-electron chi connectivity index (χ3n) is 2.52. The highest BCUT2D eigenvalue weighted by atomic mass is 16.7. The molecule has 0 aromatic carbocycles. The zero-order valence-electron chi connectivity index (χ0n) is 10.1. The molecule has 0 aromatic rings. The predicted molar refractivity (Wildman–Crippen MR) is 58.2 cm³/mol. The van der Waals surface area contributed by atoms with Gasteiger partial charge in [0.1, 0.15) is 0 Å². The van der Waals surface area contributed by atoms with Crippen LogP contribution in [0.4, 0.5) is 4.79 Å². The molecule has 1 aliphatic rings. The van der Waals surface area contributed by atoms with Crippen molar-refractivity contribution in [3.8, 4) is 0 Å². The van der Waals surface area contributed by atoms with Gasteiger partial charge in [-0.15, -0.1) is 0 Å². The average Bonchev–Trinajstić information content (AvgIpc) is 2.31. The summed E-state index contributed by atoms with van der Waals surface area (Å²) < 4.78 is 15.3. The lowest BCUT2D eigenvalue weighted by Crippen LogP contribution is -2.51. The maximum absolute atomic E-state index is 11.8. The van der Waals surface area contributed by atoms with Crippen LogP contribution in [0.2, 0.25) is 0 Å². The summed E-state index contributed by atoms with van der Waals surface area (Å²) in [6.07, 6.45) is -0.426. The molecule has 0 spiro atoms. The number of nitrogens with zero attached hydrogens (tertiary/aromatic N) is 1. The van der Waals surface area contributed by atoms with Crippen LogP contribution < -0.4 is 5.32 Å². The Morgan fingerprint density at radius 1 is 1.31 bits per heavy atom. The van der Waals surface area contributed by atoms with Crippen LogP contribution >= 0.6 is 0 Å². The summed E-state index contributed by atoms with van der Waals surface area (Å²) in [6, 6.07) is -0.291. The maximum Gasteiger partial charge on any atom is 0.317 e. The van der Waals surface area contributed by atoms with Crippen molar-refractivity contribution in [2.75, 3.05) is 40.5 Å². The van der Waals surface area contributed by atoms with E-state index in [1.165, 1.54) is 0 Å². The lowest BCUT2D eigenvalue weighted by molar-refractivity contribution is -0.117. The van der Waals surface area contributed by atoms with Crippen LogP contribution in [0, 0.1) is 0 Å². The molecule has 1 fully saturated rings. The first-order valence-corrected chi connectivity index (χ1v) is 5.37. The predicted octanol–water partition coefficient (Wildman–Crippen LogP) is 0.0356. The van der Waals surface area contributed by atoms with E-state index in [4.69, 9.17) is 14.2 Å². The molecule has 1 aliphatic heterocycles. The van der Waals surface area contributed by atoms with Gasteiger partial charge >= 0.3 is 6.03 Å². The Balaban J connectivity index is 2.37. The van der Waals surface area contributed by atoms with Crippen LogP contribution in [0.5, 0.6) is 0 Å². The van der Waals surface area contributed by atoms with Crippen molar-refractivity contribution < 1.29 is 19.0 Å². The van der Waals surface area contributed by atoms with Crippen LogP contribution in [-0.4, -0.2) is 63.8 Å². The molecule has 0 saturated carbocycles. The monoisotopic (exact) mass is 232 g/mol. The van der Waals surface area contributed by atoms with Gasteiger partial charge in [0.05, 0.1) is 19.3 Å². The molecule has 1 saturated heterocycles.